The molecule has 1 aliphatic rings. The molecule has 0 spiro atoms. The van der Waals surface area contributed by atoms with Crippen molar-refractivity contribution in [3.05, 3.63) is 24.3 Å². The number of amides is 1. The molecule has 1 heterocycles. The summed E-state index contributed by atoms with van der Waals surface area (Å²) in [7, 11) is -3.47. The number of carbonyl (C=O) groups excluding carboxylic acids is 1. The van der Waals surface area contributed by atoms with Gasteiger partial charge in [-0.05, 0) is 56.4 Å². The van der Waals surface area contributed by atoms with Gasteiger partial charge in [-0.2, -0.15) is 4.31 Å². The quantitative estimate of drug-likeness (QED) is 0.793. The predicted octanol–water partition coefficient (Wildman–Crippen LogP) is 4.01. The predicted molar refractivity (Wildman–Crippen MR) is 101 cm³/mol. The zero-order valence-corrected chi connectivity index (χ0v) is 16.3. The average molecular weight is 367 g/mol. The number of hydrogen-bond donors (Lipinski definition) is 1. The van der Waals surface area contributed by atoms with E-state index in [0.717, 1.165) is 38.5 Å². The van der Waals surface area contributed by atoms with E-state index in [2.05, 4.69) is 5.32 Å². The van der Waals surface area contributed by atoms with E-state index >= 15 is 0 Å². The van der Waals surface area contributed by atoms with Gasteiger partial charge in [0.1, 0.15) is 0 Å². The second-order valence-corrected chi connectivity index (χ2v) is 8.59. The lowest BCUT2D eigenvalue weighted by Crippen LogP contribution is -2.43. The largest absolute Gasteiger partial charge is 0.326 e. The summed E-state index contributed by atoms with van der Waals surface area (Å²) < 4.78 is 27.5. The lowest BCUT2D eigenvalue weighted by Gasteiger charge is -2.34. The van der Waals surface area contributed by atoms with Crippen molar-refractivity contribution in [2.75, 3.05) is 11.9 Å². The lowest BCUT2D eigenvalue weighted by molar-refractivity contribution is -0.120. The minimum Gasteiger partial charge on any atom is -0.326 e. The maximum Gasteiger partial charge on any atom is 0.243 e. The van der Waals surface area contributed by atoms with Gasteiger partial charge in [0.2, 0.25) is 15.9 Å². The minimum atomic E-state index is -3.47. The molecule has 2 rings (SSSR count). The number of piperidine rings is 1. The molecule has 1 atom stereocenters. The van der Waals surface area contributed by atoms with Crippen molar-refractivity contribution in [2.45, 2.75) is 70.2 Å². The highest BCUT2D eigenvalue weighted by Crippen LogP contribution is 2.27. The van der Waals surface area contributed by atoms with Crippen molar-refractivity contribution in [2.24, 2.45) is 5.92 Å². The molecular weight excluding hydrogens is 336 g/mol. The molecule has 1 aromatic carbocycles. The molecule has 1 fully saturated rings. The summed E-state index contributed by atoms with van der Waals surface area (Å²) in [5.41, 5.74) is 0.640. The zero-order chi connectivity index (χ0) is 18.4. The molecule has 1 aliphatic heterocycles. The Morgan fingerprint density at radius 3 is 2.36 bits per heavy atom. The van der Waals surface area contributed by atoms with E-state index in [4.69, 9.17) is 0 Å². The highest BCUT2D eigenvalue weighted by atomic mass is 32.2. The fourth-order valence-corrected chi connectivity index (χ4v) is 5.22. The molecule has 1 amide bonds. The van der Waals surface area contributed by atoms with Gasteiger partial charge in [-0.1, -0.05) is 27.2 Å². The second-order valence-electron chi connectivity index (χ2n) is 6.70. The number of benzene rings is 1. The van der Waals surface area contributed by atoms with Crippen LogP contribution in [-0.2, 0) is 14.8 Å². The first-order valence-electron chi connectivity index (χ1n) is 9.36. The van der Waals surface area contributed by atoms with Crippen LogP contribution in [0.3, 0.4) is 0 Å². The van der Waals surface area contributed by atoms with Crippen LogP contribution < -0.4 is 5.32 Å². The summed E-state index contributed by atoms with van der Waals surface area (Å²) in [6.07, 6.45) is 5.36. The van der Waals surface area contributed by atoms with Gasteiger partial charge in [-0.15, -0.1) is 0 Å². The van der Waals surface area contributed by atoms with E-state index in [0.29, 0.717) is 17.1 Å². The summed E-state index contributed by atoms with van der Waals surface area (Å²) in [5, 5.41) is 2.87. The Balaban J connectivity index is 2.14. The monoisotopic (exact) mass is 366 g/mol. The Morgan fingerprint density at radius 2 is 1.80 bits per heavy atom. The van der Waals surface area contributed by atoms with Crippen molar-refractivity contribution in [1.82, 2.24) is 4.31 Å². The number of carbonyl (C=O) groups is 1. The zero-order valence-electron chi connectivity index (χ0n) is 15.5. The molecule has 0 aromatic heterocycles. The van der Waals surface area contributed by atoms with Crippen LogP contribution in [-0.4, -0.2) is 31.2 Å². The molecule has 140 valence electrons. The van der Waals surface area contributed by atoms with E-state index < -0.39 is 10.0 Å². The summed E-state index contributed by atoms with van der Waals surface area (Å²) in [5.74, 6) is -0.0234. The molecule has 0 bridgehead atoms. The van der Waals surface area contributed by atoms with E-state index in [1.54, 1.807) is 28.6 Å². The number of nitrogens with one attached hydrogen (secondary N) is 1. The van der Waals surface area contributed by atoms with Gasteiger partial charge in [0.05, 0.1) is 4.90 Å². The van der Waals surface area contributed by atoms with Gasteiger partial charge in [0.25, 0.3) is 0 Å². The molecule has 5 nitrogen and oxygen atoms in total. The number of hydrogen-bond acceptors (Lipinski definition) is 3. The van der Waals surface area contributed by atoms with Crippen LogP contribution >= 0.6 is 0 Å². The topological polar surface area (TPSA) is 66.5 Å². The smallest absolute Gasteiger partial charge is 0.243 e. The molecule has 1 unspecified atom stereocenters. The third-order valence-electron chi connectivity index (χ3n) is 5.13. The first-order valence-corrected chi connectivity index (χ1v) is 10.8. The van der Waals surface area contributed by atoms with Crippen molar-refractivity contribution in [1.29, 1.82) is 0 Å². The van der Waals surface area contributed by atoms with Crippen molar-refractivity contribution in [3.8, 4) is 0 Å². The van der Waals surface area contributed by atoms with Crippen molar-refractivity contribution >= 4 is 21.6 Å². The van der Waals surface area contributed by atoms with Crippen LogP contribution in [0.2, 0.25) is 0 Å². The van der Waals surface area contributed by atoms with E-state index in [1.807, 2.05) is 20.8 Å². The molecule has 25 heavy (non-hydrogen) atoms. The molecule has 0 radical (unpaired) electrons. The van der Waals surface area contributed by atoms with Gasteiger partial charge in [0, 0.05) is 24.2 Å². The van der Waals surface area contributed by atoms with E-state index in [-0.39, 0.29) is 17.9 Å². The van der Waals surface area contributed by atoms with Gasteiger partial charge >= 0.3 is 0 Å². The molecule has 1 N–H and O–H groups in total. The third-order valence-corrected chi connectivity index (χ3v) is 7.10. The maximum atomic E-state index is 12.9. The van der Waals surface area contributed by atoms with Crippen LogP contribution in [0.5, 0.6) is 0 Å². The third kappa shape index (κ3) is 4.61. The Morgan fingerprint density at radius 1 is 1.16 bits per heavy atom. The van der Waals surface area contributed by atoms with Gasteiger partial charge in [0.15, 0.2) is 0 Å². The Bertz CT molecular complexity index is 666. The number of anilines is 1. The Labute approximate surface area is 151 Å². The van der Waals surface area contributed by atoms with Gasteiger partial charge in [-0.3, -0.25) is 4.79 Å². The maximum absolute atomic E-state index is 12.9. The summed E-state index contributed by atoms with van der Waals surface area (Å²) in [6, 6.07) is 6.64. The van der Waals surface area contributed by atoms with Gasteiger partial charge in [-0.25, -0.2) is 8.42 Å². The Kier molecular flexibility index (Phi) is 7.02. The standard InChI is InChI=1S/C19H30N2O3S/c1-4-15(5-2)19(22)20-16-10-12-18(13-11-16)25(23,24)21-14-8-7-9-17(21)6-3/h10-13,15,17H,4-9,14H2,1-3H3,(H,20,22). The van der Waals surface area contributed by atoms with E-state index in [9.17, 15) is 13.2 Å². The fourth-order valence-electron chi connectivity index (χ4n) is 3.45. The molecule has 0 aliphatic carbocycles. The summed E-state index contributed by atoms with van der Waals surface area (Å²) in [6.45, 7) is 6.61. The summed E-state index contributed by atoms with van der Waals surface area (Å²) in [4.78, 5) is 12.4. The van der Waals surface area contributed by atoms with Crippen LogP contribution in [0.15, 0.2) is 29.2 Å². The normalized spacial score (nSPS) is 19.1. The number of sulfonamides is 1. The lowest BCUT2D eigenvalue weighted by atomic mass is 10.0. The second kappa shape index (κ2) is 8.81. The molecule has 1 saturated heterocycles. The average Bonchev–Trinajstić information content (AvgIpc) is 2.63. The Hall–Kier alpha value is -1.40. The first-order chi connectivity index (χ1) is 11.9. The van der Waals surface area contributed by atoms with Crippen LogP contribution in [0, 0.1) is 5.92 Å². The molecule has 1 aromatic rings. The highest BCUT2D eigenvalue weighted by Gasteiger charge is 2.32. The fraction of sp³-hybridized carbons (Fsp3) is 0.632. The minimum absolute atomic E-state index is 0.0114. The van der Waals surface area contributed by atoms with E-state index in [1.165, 1.54) is 0 Å². The highest BCUT2D eigenvalue weighted by molar-refractivity contribution is 7.89. The first kappa shape index (κ1) is 19.9. The molecule has 0 saturated carbocycles. The molecular formula is C19H30N2O3S. The van der Waals surface area contributed by atoms with Crippen molar-refractivity contribution < 1.29 is 13.2 Å². The van der Waals surface area contributed by atoms with Crippen LogP contribution in [0.1, 0.15) is 59.3 Å². The summed E-state index contributed by atoms with van der Waals surface area (Å²) >= 11 is 0. The van der Waals surface area contributed by atoms with Gasteiger partial charge < -0.3 is 5.32 Å². The number of nitrogens with zero attached hydrogens (tertiary/aromatic N) is 1. The van der Waals surface area contributed by atoms with Crippen LogP contribution in [0.25, 0.3) is 0 Å². The van der Waals surface area contributed by atoms with Crippen molar-refractivity contribution in [3.63, 3.8) is 0 Å². The number of rotatable bonds is 7. The molecule has 6 heteroatoms. The SMILES string of the molecule is CCC(CC)C(=O)Nc1ccc(S(=O)(=O)N2CCCCC2CC)cc1. The van der Waals surface area contributed by atoms with Crippen LogP contribution in [0.4, 0.5) is 5.69 Å².